The Kier molecular flexibility index (Phi) is 4.50. The number of hydrogen-bond acceptors (Lipinski definition) is 2. The average Bonchev–Trinajstić information content (AvgIpc) is 2.78. The molecule has 24 heavy (non-hydrogen) atoms. The van der Waals surface area contributed by atoms with Gasteiger partial charge in [-0.2, -0.15) is 0 Å². The molecule has 0 N–H and O–H groups in total. The van der Waals surface area contributed by atoms with Crippen LogP contribution < -0.4 is 0 Å². The Morgan fingerprint density at radius 2 is 1.33 bits per heavy atom. The molecular weight excluding hydrogens is 292 g/mol. The predicted octanol–water partition coefficient (Wildman–Crippen LogP) is 3.46. The highest BCUT2D eigenvalue weighted by molar-refractivity contribution is 5.84. The normalized spacial score (nSPS) is 18.6. The van der Waals surface area contributed by atoms with E-state index >= 15 is 0 Å². The van der Waals surface area contributed by atoms with E-state index in [1.807, 2.05) is 0 Å². The van der Waals surface area contributed by atoms with Gasteiger partial charge in [0.25, 0.3) is 0 Å². The maximum absolute atomic E-state index is 2.57. The minimum atomic E-state index is 1.05. The van der Waals surface area contributed by atoms with Crippen molar-refractivity contribution in [2.24, 2.45) is 0 Å². The molecular formula is C22H26N2. The number of nitrogens with zero attached hydrogens (tertiary/aromatic N) is 2. The third-order valence-electron chi connectivity index (χ3n) is 5.43. The first-order chi connectivity index (χ1) is 11.8. The van der Waals surface area contributed by atoms with Crippen molar-refractivity contribution >= 4 is 5.57 Å². The fourth-order valence-electron chi connectivity index (χ4n) is 3.89. The zero-order valence-corrected chi connectivity index (χ0v) is 14.5. The summed E-state index contributed by atoms with van der Waals surface area (Å²) in [5.41, 5.74) is 7.25. The molecule has 4 rings (SSSR count). The van der Waals surface area contributed by atoms with E-state index in [4.69, 9.17) is 0 Å². The fraction of sp³-hybridized carbons (Fsp3) is 0.364. The smallest absolute Gasteiger partial charge is 0.0173 e. The molecule has 0 saturated carbocycles. The zero-order chi connectivity index (χ0) is 16.4. The number of piperazine rings is 1. The maximum atomic E-state index is 2.57. The van der Waals surface area contributed by atoms with Crippen LogP contribution in [-0.2, 0) is 12.8 Å². The molecule has 2 heteroatoms. The number of hydrogen-bond donors (Lipinski definition) is 0. The maximum Gasteiger partial charge on any atom is 0.0173 e. The molecule has 2 aromatic carbocycles. The van der Waals surface area contributed by atoms with Crippen LogP contribution in [0, 0.1) is 0 Å². The Morgan fingerprint density at radius 3 is 1.92 bits per heavy atom. The van der Waals surface area contributed by atoms with Crippen LogP contribution in [0.2, 0.25) is 0 Å². The average molecular weight is 318 g/mol. The molecule has 1 heterocycles. The van der Waals surface area contributed by atoms with Crippen LogP contribution in [0.4, 0.5) is 0 Å². The van der Waals surface area contributed by atoms with E-state index in [2.05, 4.69) is 71.5 Å². The lowest BCUT2D eigenvalue weighted by Gasteiger charge is -2.31. The topological polar surface area (TPSA) is 6.48 Å². The van der Waals surface area contributed by atoms with Crippen molar-refractivity contribution < 1.29 is 0 Å². The van der Waals surface area contributed by atoms with Crippen molar-refractivity contribution in [3.05, 3.63) is 76.9 Å². The molecule has 1 aliphatic carbocycles. The van der Waals surface area contributed by atoms with E-state index in [0.717, 1.165) is 19.4 Å². The molecule has 2 nitrogen and oxygen atoms in total. The SMILES string of the molecule is CN1CCN(CC=C2c3ccccc3CCc3ccccc32)CC1. The van der Waals surface area contributed by atoms with Gasteiger partial charge >= 0.3 is 0 Å². The largest absolute Gasteiger partial charge is 0.304 e. The second-order valence-electron chi connectivity index (χ2n) is 7.04. The van der Waals surface area contributed by atoms with Crippen molar-refractivity contribution in [1.82, 2.24) is 9.80 Å². The molecule has 0 amide bonds. The van der Waals surface area contributed by atoms with E-state index in [0.29, 0.717) is 0 Å². The number of rotatable bonds is 2. The van der Waals surface area contributed by atoms with Crippen LogP contribution in [0.25, 0.3) is 5.57 Å². The van der Waals surface area contributed by atoms with Crippen molar-refractivity contribution in [2.45, 2.75) is 12.8 Å². The fourth-order valence-corrected chi connectivity index (χ4v) is 3.89. The number of fused-ring (bicyclic) bond motifs is 2. The van der Waals surface area contributed by atoms with Crippen LogP contribution in [0.1, 0.15) is 22.3 Å². The van der Waals surface area contributed by atoms with Crippen molar-refractivity contribution in [3.63, 3.8) is 0 Å². The first kappa shape index (κ1) is 15.6. The second-order valence-corrected chi connectivity index (χ2v) is 7.04. The lowest BCUT2D eigenvalue weighted by molar-refractivity contribution is 0.166. The number of aryl methyl sites for hydroxylation is 2. The predicted molar refractivity (Wildman–Crippen MR) is 101 cm³/mol. The summed E-state index contributed by atoms with van der Waals surface area (Å²) in [4.78, 5) is 4.99. The minimum Gasteiger partial charge on any atom is -0.304 e. The van der Waals surface area contributed by atoms with Crippen LogP contribution in [-0.4, -0.2) is 49.6 Å². The van der Waals surface area contributed by atoms with Gasteiger partial charge in [-0.15, -0.1) is 0 Å². The van der Waals surface area contributed by atoms with E-state index in [1.165, 1.54) is 54.0 Å². The monoisotopic (exact) mass is 318 g/mol. The van der Waals surface area contributed by atoms with Crippen molar-refractivity contribution in [2.75, 3.05) is 39.8 Å². The number of likely N-dealkylation sites (N-methyl/N-ethyl adjacent to an activating group) is 1. The summed E-state index contributed by atoms with van der Waals surface area (Å²) in [5, 5.41) is 0. The van der Waals surface area contributed by atoms with Crippen LogP contribution in [0.15, 0.2) is 54.6 Å². The molecule has 2 aliphatic rings. The highest BCUT2D eigenvalue weighted by atomic mass is 15.2. The first-order valence-electron chi connectivity index (χ1n) is 9.09. The van der Waals surface area contributed by atoms with E-state index in [-0.39, 0.29) is 0 Å². The molecule has 0 aromatic heterocycles. The minimum absolute atomic E-state index is 1.05. The van der Waals surface area contributed by atoms with E-state index < -0.39 is 0 Å². The second kappa shape index (κ2) is 6.92. The van der Waals surface area contributed by atoms with Gasteiger partial charge in [-0.1, -0.05) is 54.6 Å². The van der Waals surface area contributed by atoms with Crippen molar-refractivity contribution in [3.8, 4) is 0 Å². The lowest BCUT2D eigenvalue weighted by atomic mass is 9.93. The summed E-state index contributed by atoms with van der Waals surface area (Å²) in [6, 6.07) is 17.9. The molecule has 2 aromatic rings. The van der Waals surface area contributed by atoms with Gasteiger partial charge in [-0.05, 0) is 47.7 Å². The lowest BCUT2D eigenvalue weighted by Crippen LogP contribution is -2.44. The molecule has 1 aliphatic heterocycles. The van der Waals surface area contributed by atoms with E-state index in [1.54, 1.807) is 0 Å². The Morgan fingerprint density at radius 1 is 0.792 bits per heavy atom. The Labute approximate surface area is 145 Å². The molecule has 124 valence electrons. The number of benzene rings is 2. The quantitative estimate of drug-likeness (QED) is 0.837. The highest BCUT2D eigenvalue weighted by Gasteiger charge is 2.18. The Hall–Kier alpha value is -1.90. The molecule has 0 bridgehead atoms. The molecule has 0 radical (unpaired) electrons. The van der Waals surface area contributed by atoms with Gasteiger partial charge < -0.3 is 4.90 Å². The third-order valence-corrected chi connectivity index (χ3v) is 5.43. The summed E-state index contributed by atoms with van der Waals surface area (Å²) in [7, 11) is 2.22. The van der Waals surface area contributed by atoms with Crippen LogP contribution >= 0.6 is 0 Å². The highest BCUT2D eigenvalue weighted by Crippen LogP contribution is 2.33. The van der Waals surface area contributed by atoms with Gasteiger partial charge in [0.15, 0.2) is 0 Å². The van der Waals surface area contributed by atoms with Gasteiger partial charge in [-0.3, -0.25) is 4.90 Å². The summed E-state index contributed by atoms with van der Waals surface area (Å²) < 4.78 is 0. The Bertz CT molecular complexity index is 690. The summed E-state index contributed by atoms with van der Waals surface area (Å²) in [5.74, 6) is 0. The molecule has 0 spiro atoms. The van der Waals surface area contributed by atoms with Gasteiger partial charge in [0.1, 0.15) is 0 Å². The Balaban J connectivity index is 1.69. The van der Waals surface area contributed by atoms with Crippen LogP contribution in [0.3, 0.4) is 0 Å². The summed E-state index contributed by atoms with van der Waals surface area (Å²) in [6.45, 7) is 5.74. The molecule has 0 atom stereocenters. The molecule has 0 unspecified atom stereocenters. The van der Waals surface area contributed by atoms with Gasteiger partial charge in [0.05, 0.1) is 0 Å². The molecule has 1 fully saturated rings. The first-order valence-corrected chi connectivity index (χ1v) is 9.09. The van der Waals surface area contributed by atoms with E-state index in [9.17, 15) is 0 Å². The van der Waals surface area contributed by atoms with Crippen molar-refractivity contribution in [1.29, 1.82) is 0 Å². The van der Waals surface area contributed by atoms with Gasteiger partial charge in [0.2, 0.25) is 0 Å². The standard InChI is InChI=1S/C22H26N2/c1-23-14-16-24(17-15-23)13-12-22-20-8-4-2-6-18(20)10-11-19-7-3-5-9-21(19)22/h2-9,12H,10-11,13-17H2,1H3. The summed E-state index contributed by atoms with van der Waals surface area (Å²) >= 11 is 0. The third kappa shape index (κ3) is 3.17. The van der Waals surface area contributed by atoms with Crippen LogP contribution in [0.5, 0.6) is 0 Å². The zero-order valence-electron chi connectivity index (χ0n) is 14.5. The summed E-state index contributed by atoms with van der Waals surface area (Å²) in [6.07, 6.45) is 4.74. The van der Waals surface area contributed by atoms with Gasteiger partial charge in [-0.25, -0.2) is 0 Å². The van der Waals surface area contributed by atoms with Gasteiger partial charge in [0, 0.05) is 32.7 Å². The molecule has 1 saturated heterocycles.